The number of rotatable bonds is 5. The molecule has 1 N–H and O–H groups in total. The number of hydrogen-bond donors (Lipinski definition) is 1. The molecule has 1 amide bonds. The van der Waals surface area contributed by atoms with Crippen molar-refractivity contribution in [2.45, 2.75) is 26.3 Å². The van der Waals surface area contributed by atoms with E-state index >= 15 is 0 Å². The summed E-state index contributed by atoms with van der Waals surface area (Å²) in [6.45, 7) is 4.48. The van der Waals surface area contributed by atoms with E-state index in [-0.39, 0.29) is 11.8 Å². The van der Waals surface area contributed by atoms with Crippen LogP contribution in [0, 0.1) is 0 Å². The van der Waals surface area contributed by atoms with Crippen LogP contribution in [0.3, 0.4) is 0 Å². The van der Waals surface area contributed by atoms with Crippen molar-refractivity contribution in [3.8, 4) is 5.69 Å². The Morgan fingerprint density at radius 3 is 2.44 bits per heavy atom. The van der Waals surface area contributed by atoms with Crippen LogP contribution in [0.5, 0.6) is 0 Å². The smallest absolute Gasteiger partial charge is 0.274 e. The molecule has 2 aromatic carbocycles. The standard InChI is InChI=1S/C19H19ClN4O/c1-13(2)18-17(19(25)21-12-14-6-4-3-5-7-14)22-23-24(18)16-10-8-15(20)9-11-16/h3-11,13H,12H2,1-2H3,(H,21,25). The maximum Gasteiger partial charge on any atom is 0.274 e. The zero-order valence-corrected chi connectivity index (χ0v) is 14.9. The number of aromatic nitrogens is 3. The molecule has 1 aromatic heterocycles. The summed E-state index contributed by atoms with van der Waals surface area (Å²) in [7, 11) is 0. The van der Waals surface area contributed by atoms with Gasteiger partial charge in [-0.3, -0.25) is 4.79 Å². The van der Waals surface area contributed by atoms with Crippen molar-refractivity contribution in [3.63, 3.8) is 0 Å². The number of halogens is 1. The van der Waals surface area contributed by atoms with Crippen molar-refractivity contribution in [2.24, 2.45) is 0 Å². The predicted octanol–water partition coefficient (Wildman–Crippen LogP) is 3.97. The molecule has 0 aliphatic heterocycles. The lowest BCUT2D eigenvalue weighted by Gasteiger charge is -2.11. The van der Waals surface area contributed by atoms with Gasteiger partial charge in [0.25, 0.3) is 5.91 Å². The van der Waals surface area contributed by atoms with E-state index in [0.29, 0.717) is 17.3 Å². The fourth-order valence-corrected chi connectivity index (χ4v) is 2.73. The van der Waals surface area contributed by atoms with Gasteiger partial charge in [-0.25, -0.2) is 4.68 Å². The van der Waals surface area contributed by atoms with Crippen LogP contribution in [-0.2, 0) is 6.54 Å². The molecule has 0 fully saturated rings. The molecule has 0 radical (unpaired) electrons. The predicted molar refractivity (Wildman–Crippen MR) is 98.1 cm³/mol. The maximum absolute atomic E-state index is 12.6. The lowest BCUT2D eigenvalue weighted by molar-refractivity contribution is 0.0944. The lowest BCUT2D eigenvalue weighted by Crippen LogP contribution is -2.25. The Morgan fingerprint density at radius 2 is 1.80 bits per heavy atom. The molecule has 6 heteroatoms. The van der Waals surface area contributed by atoms with Crippen molar-refractivity contribution in [1.29, 1.82) is 0 Å². The van der Waals surface area contributed by atoms with Crippen molar-refractivity contribution in [3.05, 3.63) is 76.6 Å². The third-order valence-corrected chi connectivity index (χ3v) is 4.09. The first-order chi connectivity index (χ1) is 12.1. The molecule has 0 aliphatic carbocycles. The fourth-order valence-electron chi connectivity index (χ4n) is 2.60. The van der Waals surface area contributed by atoms with Crippen LogP contribution in [0.4, 0.5) is 0 Å². The van der Waals surface area contributed by atoms with Crippen molar-refractivity contribution < 1.29 is 4.79 Å². The van der Waals surface area contributed by atoms with Gasteiger partial charge in [0.15, 0.2) is 5.69 Å². The van der Waals surface area contributed by atoms with Gasteiger partial charge in [-0.2, -0.15) is 0 Å². The third-order valence-electron chi connectivity index (χ3n) is 3.83. The van der Waals surface area contributed by atoms with Gasteiger partial charge in [0.2, 0.25) is 0 Å². The second-order valence-corrected chi connectivity index (χ2v) is 6.47. The van der Waals surface area contributed by atoms with Gasteiger partial charge >= 0.3 is 0 Å². The second-order valence-electron chi connectivity index (χ2n) is 6.03. The molecule has 0 spiro atoms. The molecule has 0 atom stereocenters. The number of nitrogens with one attached hydrogen (secondary N) is 1. The van der Waals surface area contributed by atoms with E-state index in [1.807, 2.05) is 56.3 Å². The molecule has 5 nitrogen and oxygen atoms in total. The molecular formula is C19H19ClN4O. The summed E-state index contributed by atoms with van der Waals surface area (Å²) < 4.78 is 1.69. The highest BCUT2D eigenvalue weighted by atomic mass is 35.5. The summed E-state index contributed by atoms with van der Waals surface area (Å²) in [6.07, 6.45) is 0. The first-order valence-electron chi connectivity index (χ1n) is 8.10. The van der Waals surface area contributed by atoms with Crippen molar-refractivity contribution in [2.75, 3.05) is 0 Å². The molecule has 128 valence electrons. The molecule has 0 bridgehead atoms. The van der Waals surface area contributed by atoms with E-state index in [9.17, 15) is 4.79 Å². The number of hydrogen-bond acceptors (Lipinski definition) is 3. The van der Waals surface area contributed by atoms with E-state index < -0.39 is 0 Å². The summed E-state index contributed by atoms with van der Waals surface area (Å²) in [5.41, 5.74) is 2.98. The molecule has 3 aromatic rings. The third kappa shape index (κ3) is 3.88. The Kier molecular flexibility index (Phi) is 5.14. The number of carbonyl (C=O) groups is 1. The minimum Gasteiger partial charge on any atom is -0.347 e. The van der Waals surface area contributed by atoms with Crippen LogP contribution in [0.25, 0.3) is 5.69 Å². The molecule has 3 rings (SSSR count). The van der Waals surface area contributed by atoms with Crippen LogP contribution < -0.4 is 5.32 Å². The van der Waals surface area contributed by atoms with Crippen molar-refractivity contribution >= 4 is 17.5 Å². The SMILES string of the molecule is CC(C)c1c(C(=O)NCc2ccccc2)nnn1-c1ccc(Cl)cc1. The summed E-state index contributed by atoms with van der Waals surface area (Å²) in [4.78, 5) is 12.6. The zero-order valence-electron chi connectivity index (χ0n) is 14.1. The molecule has 0 saturated heterocycles. The first kappa shape index (κ1) is 17.2. The number of amides is 1. The lowest BCUT2D eigenvalue weighted by atomic mass is 10.1. The first-order valence-corrected chi connectivity index (χ1v) is 8.47. The number of nitrogens with zero attached hydrogens (tertiary/aromatic N) is 3. The van der Waals surface area contributed by atoms with Gasteiger partial charge in [-0.1, -0.05) is 61.0 Å². The number of carbonyl (C=O) groups excluding carboxylic acids is 1. The van der Waals surface area contributed by atoms with Gasteiger partial charge in [0, 0.05) is 11.6 Å². The average Bonchev–Trinajstić information content (AvgIpc) is 3.06. The van der Waals surface area contributed by atoms with Gasteiger partial charge in [0.05, 0.1) is 11.4 Å². The van der Waals surface area contributed by atoms with E-state index in [4.69, 9.17) is 11.6 Å². The average molecular weight is 355 g/mol. The minimum atomic E-state index is -0.229. The number of benzene rings is 2. The largest absolute Gasteiger partial charge is 0.347 e. The highest BCUT2D eigenvalue weighted by molar-refractivity contribution is 6.30. The summed E-state index contributed by atoms with van der Waals surface area (Å²) in [6, 6.07) is 17.1. The Bertz CT molecular complexity index is 857. The quantitative estimate of drug-likeness (QED) is 0.754. The fraction of sp³-hybridized carbons (Fsp3) is 0.211. The van der Waals surface area contributed by atoms with Gasteiger partial charge in [-0.15, -0.1) is 5.10 Å². The van der Waals surface area contributed by atoms with E-state index in [1.54, 1.807) is 16.8 Å². The monoisotopic (exact) mass is 354 g/mol. The summed E-state index contributed by atoms with van der Waals surface area (Å²) in [5.74, 6) is -0.143. The zero-order chi connectivity index (χ0) is 17.8. The summed E-state index contributed by atoms with van der Waals surface area (Å²) in [5, 5.41) is 11.8. The van der Waals surface area contributed by atoms with Crippen LogP contribution in [0.2, 0.25) is 5.02 Å². The van der Waals surface area contributed by atoms with Gasteiger partial charge in [-0.05, 0) is 35.7 Å². The Balaban J connectivity index is 1.86. The molecular weight excluding hydrogens is 336 g/mol. The van der Waals surface area contributed by atoms with Crippen LogP contribution in [-0.4, -0.2) is 20.9 Å². The van der Waals surface area contributed by atoms with E-state index in [1.165, 1.54) is 0 Å². The second kappa shape index (κ2) is 7.49. The van der Waals surface area contributed by atoms with Gasteiger partial charge < -0.3 is 5.32 Å². The topological polar surface area (TPSA) is 59.8 Å². The normalized spacial score (nSPS) is 10.9. The Morgan fingerprint density at radius 1 is 1.12 bits per heavy atom. The van der Waals surface area contributed by atoms with Crippen LogP contribution in [0.15, 0.2) is 54.6 Å². The van der Waals surface area contributed by atoms with E-state index in [0.717, 1.165) is 16.9 Å². The minimum absolute atomic E-state index is 0.0863. The Labute approximate surface area is 151 Å². The molecule has 1 heterocycles. The van der Waals surface area contributed by atoms with Crippen LogP contribution in [0.1, 0.15) is 41.5 Å². The molecule has 0 aliphatic rings. The maximum atomic E-state index is 12.6. The molecule has 25 heavy (non-hydrogen) atoms. The molecule has 0 unspecified atom stereocenters. The Hall–Kier alpha value is -2.66. The van der Waals surface area contributed by atoms with Crippen LogP contribution >= 0.6 is 11.6 Å². The highest BCUT2D eigenvalue weighted by Gasteiger charge is 2.22. The van der Waals surface area contributed by atoms with Gasteiger partial charge in [0.1, 0.15) is 0 Å². The van der Waals surface area contributed by atoms with E-state index in [2.05, 4.69) is 15.6 Å². The molecule has 0 saturated carbocycles. The summed E-state index contributed by atoms with van der Waals surface area (Å²) >= 11 is 5.95. The highest BCUT2D eigenvalue weighted by Crippen LogP contribution is 2.22. The van der Waals surface area contributed by atoms with Crippen molar-refractivity contribution in [1.82, 2.24) is 20.3 Å².